The number of rotatable bonds is 1. The van der Waals surface area contributed by atoms with Gasteiger partial charge in [0.25, 0.3) is 5.91 Å². The number of imide groups is 1. The summed E-state index contributed by atoms with van der Waals surface area (Å²) in [6, 6.07) is 2.87. The lowest BCUT2D eigenvalue weighted by molar-refractivity contribution is -0.143. The van der Waals surface area contributed by atoms with E-state index in [0.717, 1.165) is 0 Å². The number of halogens is 8. The van der Waals surface area contributed by atoms with E-state index in [-0.39, 0.29) is 19.0 Å². The van der Waals surface area contributed by atoms with Gasteiger partial charge in [0.15, 0.2) is 0 Å². The Hall–Kier alpha value is -2.49. The maximum atomic E-state index is 14.0. The molecule has 4 aliphatic heterocycles. The van der Waals surface area contributed by atoms with Gasteiger partial charge in [-0.05, 0) is 52.7 Å². The van der Waals surface area contributed by atoms with Gasteiger partial charge in [-0.15, -0.1) is 0 Å². The average Bonchev–Trinajstić information content (AvgIpc) is 3.48. The maximum absolute atomic E-state index is 14.0. The summed E-state index contributed by atoms with van der Waals surface area (Å²) in [4.78, 5) is 43.3. The molecule has 1 spiro atoms. The molecular weight excluding hydrogens is 668 g/mol. The molecule has 3 fully saturated rings. The summed E-state index contributed by atoms with van der Waals surface area (Å²) in [5, 5.41) is 13.2. The Morgan fingerprint density at radius 3 is 2.13 bits per heavy atom. The number of aliphatic hydroxyl groups is 1. The van der Waals surface area contributed by atoms with Crippen molar-refractivity contribution >= 4 is 61.0 Å². The highest BCUT2D eigenvalue weighted by Gasteiger charge is 2.75. The maximum Gasteiger partial charge on any atom is 0.416 e. The molecule has 0 saturated carbocycles. The van der Waals surface area contributed by atoms with Crippen LogP contribution in [0.5, 0.6) is 0 Å². The molecule has 0 aromatic heterocycles. The highest BCUT2D eigenvalue weighted by molar-refractivity contribution is 9.11. The standard InChI is InChI=1S/C24H15Br2F6N3O4/c25-10-4-13-18(14(26)5-10)33-21(39)22(13)17-16(15-6-12(36)7-34(15)22)19(37)35(20(17)38)11-2-8(23(27,28)29)1-9(3-11)24(30,31)32/h1-5,12,15-17,36H,6-7H2,(H,33,39)/t12-,15?,16?,17?,22?/m0/s1. The number of carbonyl (C=O) groups is 3. The largest absolute Gasteiger partial charge is 0.416 e. The van der Waals surface area contributed by atoms with Crippen molar-refractivity contribution in [2.45, 2.75) is 36.5 Å². The lowest BCUT2D eigenvalue weighted by Crippen LogP contribution is -2.54. The van der Waals surface area contributed by atoms with Gasteiger partial charge >= 0.3 is 12.4 Å². The number of anilines is 2. The van der Waals surface area contributed by atoms with E-state index in [1.807, 2.05) is 0 Å². The van der Waals surface area contributed by atoms with Crippen LogP contribution < -0.4 is 10.2 Å². The van der Waals surface area contributed by atoms with E-state index >= 15 is 0 Å². The van der Waals surface area contributed by atoms with Crippen LogP contribution in [0.4, 0.5) is 37.7 Å². The molecule has 4 aliphatic rings. The van der Waals surface area contributed by atoms with Crippen LogP contribution in [0.15, 0.2) is 39.3 Å². The lowest BCUT2D eigenvalue weighted by Gasteiger charge is -2.36. The van der Waals surface area contributed by atoms with Gasteiger partial charge in [-0.25, -0.2) is 4.90 Å². The van der Waals surface area contributed by atoms with E-state index in [1.165, 1.54) is 0 Å². The van der Waals surface area contributed by atoms with Crippen molar-refractivity contribution in [1.29, 1.82) is 0 Å². The van der Waals surface area contributed by atoms with Crippen molar-refractivity contribution in [2.75, 3.05) is 16.8 Å². The number of fused-ring (bicyclic) bond motifs is 7. The molecule has 39 heavy (non-hydrogen) atoms. The minimum Gasteiger partial charge on any atom is -0.392 e. The second-order valence-electron chi connectivity index (χ2n) is 9.92. The fraction of sp³-hybridized carbons (Fsp3) is 0.375. The van der Waals surface area contributed by atoms with Gasteiger partial charge in [0.05, 0.1) is 40.4 Å². The van der Waals surface area contributed by atoms with Gasteiger partial charge in [-0.1, -0.05) is 15.9 Å². The van der Waals surface area contributed by atoms with E-state index in [0.29, 0.717) is 37.2 Å². The van der Waals surface area contributed by atoms with E-state index in [4.69, 9.17) is 0 Å². The normalized spacial score (nSPS) is 30.3. The number of nitrogens with zero attached hydrogens (tertiary/aromatic N) is 2. The number of benzene rings is 2. The molecule has 4 heterocycles. The Labute approximate surface area is 232 Å². The average molecular weight is 683 g/mol. The Balaban J connectivity index is 1.56. The second kappa shape index (κ2) is 8.27. The lowest BCUT2D eigenvalue weighted by atomic mass is 9.75. The molecule has 5 atom stereocenters. The number of alkyl halides is 6. The van der Waals surface area contributed by atoms with E-state index in [2.05, 4.69) is 37.2 Å². The molecule has 7 nitrogen and oxygen atoms in total. The zero-order valence-electron chi connectivity index (χ0n) is 19.2. The summed E-state index contributed by atoms with van der Waals surface area (Å²) in [6.45, 7) is -0.0724. The molecule has 3 amide bonds. The number of aliphatic hydroxyl groups excluding tert-OH is 1. The SMILES string of the molecule is O=C1C2C3C[C@H](O)CN3C3(C(=O)Nc4c(Br)cc(Br)cc43)C2C(=O)N1c1cc(C(F)(F)F)cc(C(F)(F)F)c1. The first-order valence-corrected chi connectivity index (χ1v) is 13.1. The monoisotopic (exact) mass is 681 g/mol. The van der Waals surface area contributed by atoms with E-state index in [9.17, 15) is 45.8 Å². The molecule has 206 valence electrons. The van der Waals surface area contributed by atoms with Crippen molar-refractivity contribution in [2.24, 2.45) is 11.8 Å². The molecule has 15 heteroatoms. The minimum absolute atomic E-state index is 0.0239. The van der Waals surface area contributed by atoms with Gasteiger partial charge in [-0.2, -0.15) is 26.3 Å². The van der Waals surface area contributed by atoms with Crippen molar-refractivity contribution < 1.29 is 45.8 Å². The van der Waals surface area contributed by atoms with Gasteiger partial charge in [-0.3, -0.25) is 19.3 Å². The van der Waals surface area contributed by atoms with Crippen LogP contribution in [-0.4, -0.2) is 46.4 Å². The fourth-order valence-corrected chi connectivity index (χ4v) is 7.86. The smallest absolute Gasteiger partial charge is 0.392 e. The third-order valence-electron chi connectivity index (χ3n) is 7.87. The predicted octanol–water partition coefficient (Wildman–Crippen LogP) is 4.65. The molecule has 4 unspecified atom stereocenters. The van der Waals surface area contributed by atoms with Crippen LogP contribution >= 0.6 is 31.9 Å². The highest BCUT2D eigenvalue weighted by Crippen LogP contribution is 2.62. The van der Waals surface area contributed by atoms with Gasteiger partial charge < -0.3 is 10.4 Å². The number of hydrogen-bond acceptors (Lipinski definition) is 5. The Morgan fingerprint density at radius 2 is 1.54 bits per heavy atom. The molecule has 6 rings (SSSR count). The summed E-state index contributed by atoms with van der Waals surface area (Å²) < 4.78 is 82.2. The van der Waals surface area contributed by atoms with Gasteiger partial charge in [0.2, 0.25) is 11.8 Å². The Kier molecular flexibility index (Phi) is 5.67. The van der Waals surface area contributed by atoms with Crippen molar-refractivity contribution in [3.8, 4) is 0 Å². The van der Waals surface area contributed by atoms with Crippen LogP contribution in [0.2, 0.25) is 0 Å². The summed E-state index contributed by atoms with van der Waals surface area (Å²) in [5.74, 6) is -5.58. The van der Waals surface area contributed by atoms with Crippen LogP contribution in [-0.2, 0) is 32.3 Å². The van der Waals surface area contributed by atoms with Crippen LogP contribution in [0, 0.1) is 11.8 Å². The van der Waals surface area contributed by atoms with E-state index in [1.54, 1.807) is 17.0 Å². The van der Waals surface area contributed by atoms with Crippen LogP contribution in [0.3, 0.4) is 0 Å². The first-order valence-electron chi connectivity index (χ1n) is 11.5. The topological polar surface area (TPSA) is 90.0 Å². The van der Waals surface area contributed by atoms with Crippen LogP contribution in [0.1, 0.15) is 23.1 Å². The third kappa shape index (κ3) is 3.58. The third-order valence-corrected chi connectivity index (χ3v) is 8.95. The first-order chi connectivity index (χ1) is 18.1. The Bertz CT molecular complexity index is 1450. The second-order valence-corrected chi connectivity index (χ2v) is 11.7. The zero-order valence-corrected chi connectivity index (χ0v) is 22.4. The molecular formula is C24H15Br2F6N3O4. The number of hydrogen-bond donors (Lipinski definition) is 2. The molecule has 2 aromatic carbocycles. The zero-order chi connectivity index (χ0) is 28.4. The minimum atomic E-state index is -5.20. The predicted molar refractivity (Wildman–Crippen MR) is 129 cm³/mol. The van der Waals surface area contributed by atoms with Gasteiger partial charge in [0.1, 0.15) is 5.54 Å². The highest BCUT2D eigenvalue weighted by atomic mass is 79.9. The Morgan fingerprint density at radius 1 is 0.923 bits per heavy atom. The summed E-state index contributed by atoms with van der Waals surface area (Å²) in [7, 11) is 0. The summed E-state index contributed by atoms with van der Waals surface area (Å²) in [5.41, 5.74) is -5.49. The number of nitrogens with one attached hydrogen (secondary N) is 1. The molecule has 0 radical (unpaired) electrons. The summed E-state index contributed by atoms with van der Waals surface area (Å²) >= 11 is 6.69. The molecule has 3 saturated heterocycles. The van der Waals surface area contributed by atoms with Crippen molar-refractivity contribution in [3.05, 3.63) is 56.0 Å². The molecule has 0 aliphatic carbocycles. The van der Waals surface area contributed by atoms with Crippen LogP contribution in [0.25, 0.3) is 0 Å². The van der Waals surface area contributed by atoms with Gasteiger partial charge in [0, 0.05) is 27.1 Å². The summed E-state index contributed by atoms with van der Waals surface area (Å²) in [6.07, 6.45) is -11.4. The molecule has 0 bridgehead atoms. The quantitative estimate of drug-likeness (QED) is 0.338. The fourth-order valence-electron chi connectivity index (χ4n) is 6.53. The molecule has 2 aromatic rings. The van der Waals surface area contributed by atoms with Crippen molar-refractivity contribution in [1.82, 2.24) is 4.90 Å². The van der Waals surface area contributed by atoms with E-state index < -0.39 is 76.4 Å². The first kappa shape index (κ1) is 26.7. The van der Waals surface area contributed by atoms with Crippen molar-refractivity contribution in [3.63, 3.8) is 0 Å². The molecule has 2 N–H and O–H groups in total. The number of amides is 3. The number of carbonyl (C=O) groups excluding carboxylic acids is 3.